The van der Waals surface area contributed by atoms with Crippen molar-refractivity contribution in [2.45, 2.75) is 32.1 Å². The summed E-state index contributed by atoms with van der Waals surface area (Å²) in [5.74, 6) is 0.556. The molecule has 0 radical (unpaired) electrons. The Hall–Kier alpha value is -2.37. The number of carbonyl (C=O) groups excluding carboxylic acids is 1. The largest absolute Gasteiger partial charge is 0.497 e. The van der Waals surface area contributed by atoms with Crippen LogP contribution < -0.4 is 4.74 Å². The number of halogens is 2. The fourth-order valence-corrected chi connectivity index (χ4v) is 4.45. The van der Waals surface area contributed by atoms with Crippen molar-refractivity contribution < 1.29 is 18.7 Å². The predicted molar refractivity (Wildman–Crippen MR) is 129 cm³/mol. The number of carbonyl (C=O) groups is 1. The van der Waals surface area contributed by atoms with E-state index in [0.29, 0.717) is 17.4 Å². The van der Waals surface area contributed by atoms with E-state index in [-0.39, 0.29) is 24.6 Å². The van der Waals surface area contributed by atoms with Crippen molar-refractivity contribution in [3.05, 3.63) is 70.5 Å². The second kappa shape index (κ2) is 12.0. The third-order valence-electron chi connectivity index (χ3n) is 5.89. The van der Waals surface area contributed by atoms with Crippen LogP contribution >= 0.6 is 12.4 Å². The minimum Gasteiger partial charge on any atom is -0.497 e. The van der Waals surface area contributed by atoms with Crippen LogP contribution in [0, 0.1) is 11.7 Å². The second-order valence-electron chi connectivity index (χ2n) is 8.38. The first kappa shape index (κ1) is 25.9. The van der Waals surface area contributed by atoms with Crippen LogP contribution in [0.15, 0.2) is 48.0 Å². The Morgan fingerprint density at radius 3 is 2.66 bits per heavy atom. The SMILES string of the molecule is CCOC(=O)c1cccc(C=C2CCC(CN(C)C)C(c3cccc(OC)c3)C2)c1F.Cl. The highest BCUT2D eigenvalue weighted by atomic mass is 35.5. The number of hydrogen-bond acceptors (Lipinski definition) is 4. The molecule has 0 aliphatic heterocycles. The number of rotatable bonds is 7. The maximum absolute atomic E-state index is 15.0. The van der Waals surface area contributed by atoms with Crippen molar-refractivity contribution >= 4 is 24.5 Å². The fraction of sp³-hybridized carbons (Fsp3) is 0.423. The lowest BCUT2D eigenvalue weighted by Crippen LogP contribution is -2.29. The smallest absolute Gasteiger partial charge is 0.341 e. The third kappa shape index (κ3) is 6.33. The van der Waals surface area contributed by atoms with Gasteiger partial charge in [-0.15, -0.1) is 12.4 Å². The van der Waals surface area contributed by atoms with E-state index in [0.717, 1.165) is 31.6 Å². The summed E-state index contributed by atoms with van der Waals surface area (Å²) in [6.07, 6.45) is 4.72. The quantitative estimate of drug-likeness (QED) is 0.477. The summed E-state index contributed by atoms with van der Waals surface area (Å²) >= 11 is 0. The molecule has 4 nitrogen and oxygen atoms in total. The zero-order valence-electron chi connectivity index (χ0n) is 19.3. The Kier molecular flexibility index (Phi) is 9.73. The average molecular weight is 462 g/mol. The van der Waals surface area contributed by atoms with E-state index in [4.69, 9.17) is 9.47 Å². The molecule has 0 heterocycles. The van der Waals surface area contributed by atoms with E-state index in [9.17, 15) is 4.79 Å². The van der Waals surface area contributed by atoms with Gasteiger partial charge in [0.1, 0.15) is 11.6 Å². The van der Waals surface area contributed by atoms with Crippen LogP contribution in [-0.4, -0.2) is 45.2 Å². The summed E-state index contributed by atoms with van der Waals surface area (Å²) in [5, 5.41) is 0. The van der Waals surface area contributed by atoms with Gasteiger partial charge in [0.05, 0.1) is 19.3 Å². The predicted octanol–water partition coefficient (Wildman–Crippen LogP) is 5.96. The zero-order chi connectivity index (χ0) is 22.4. The Bertz CT molecular complexity index is 944. The first-order valence-corrected chi connectivity index (χ1v) is 10.9. The van der Waals surface area contributed by atoms with Crippen LogP contribution in [0.4, 0.5) is 4.39 Å². The highest BCUT2D eigenvalue weighted by Gasteiger charge is 2.29. The molecule has 0 N–H and O–H groups in total. The molecule has 2 aromatic carbocycles. The molecular formula is C26H33ClFNO3. The molecule has 174 valence electrons. The first-order valence-electron chi connectivity index (χ1n) is 10.9. The molecule has 1 aliphatic rings. The normalized spacial score (nSPS) is 19.5. The van der Waals surface area contributed by atoms with E-state index in [1.54, 1.807) is 26.2 Å². The van der Waals surface area contributed by atoms with E-state index in [2.05, 4.69) is 31.1 Å². The van der Waals surface area contributed by atoms with E-state index < -0.39 is 11.8 Å². The van der Waals surface area contributed by atoms with Crippen LogP contribution in [-0.2, 0) is 4.74 Å². The minimum absolute atomic E-state index is 0. The number of methoxy groups -OCH3 is 1. The molecule has 0 amide bonds. The Morgan fingerprint density at radius 1 is 1.22 bits per heavy atom. The summed E-state index contributed by atoms with van der Waals surface area (Å²) in [6.45, 7) is 2.94. The molecule has 6 heteroatoms. The van der Waals surface area contributed by atoms with Gasteiger partial charge in [-0.2, -0.15) is 0 Å². The van der Waals surface area contributed by atoms with Gasteiger partial charge in [0.25, 0.3) is 0 Å². The summed E-state index contributed by atoms with van der Waals surface area (Å²) in [7, 11) is 5.89. The van der Waals surface area contributed by atoms with Crippen molar-refractivity contribution in [3.8, 4) is 5.75 Å². The highest BCUT2D eigenvalue weighted by Crippen LogP contribution is 2.42. The first-order chi connectivity index (χ1) is 14.9. The van der Waals surface area contributed by atoms with Crippen LogP contribution in [0.5, 0.6) is 5.75 Å². The lowest BCUT2D eigenvalue weighted by atomic mass is 9.73. The molecule has 3 rings (SSSR count). The standard InChI is InChI=1S/C26H32FNO3.ClH/c1-5-31-26(29)23-11-7-9-20(25(23)27)14-18-12-13-21(17-28(2)3)24(15-18)19-8-6-10-22(16-19)30-4;/h6-11,14,16,21,24H,5,12-13,15,17H2,1-4H3;1H. The number of allylic oxidation sites excluding steroid dienone is 1. The van der Waals surface area contributed by atoms with Crippen molar-refractivity contribution in [3.63, 3.8) is 0 Å². The van der Waals surface area contributed by atoms with Gasteiger partial charge in [-0.1, -0.05) is 35.9 Å². The molecule has 1 fully saturated rings. The van der Waals surface area contributed by atoms with E-state index >= 15 is 4.39 Å². The molecule has 1 aliphatic carbocycles. The Labute approximate surface area is 196 Å². The second-order valence-corrected chi connectivity index (χ2v) is 8.38. The van der Waals surface area contributed by atoms with Crippen LogP contribution in [0.1, 0.15) is 53.6 Å². The molecule has 1 saturated carbocycles. The van der Waals surface area contributed by atoms with Crippen molar-refractivity contribution in [1.29, 1.82) is 0 Å². The number of nitrogens with zero attached hydrogens (tertiary/aromatic N) is 1. The molecule has 2 unspecified atom stereocenters. The molecule has 0 aromatic heterocycles. The van der Waals surface area contributed by atoms with Crippen molar-refractivity contribution in [2.24, 2.45) is 5.92 Å². The van der Waals surface area contributed by atoms with Crippen LogP contribution in [0.25, 0.3) is 6.08 Å². The van der Waals surface area contributed by atoms with Gasteiger partial charge in [-0.05, 0) is 75.9 Å². The number of esters is 1. The van der Waals surface area contributed by atoms with Crippen LogP contribution in [0.3, 0.4) is 0 Å². The van der Waals surface area contributed by atoms with Gasteiger partial charge >= 0.3 is 5.97 Å². The molecular weight excluding hydrogens is 429 g/mol. The fourth-order valence-electron chi connectivity index (χ4n) is 4.45. The number of benzene rings is 2. The average Bonchev–Trinajstić information content (AvgIpc) is 2.76. The maximum atomic E-state index is 15.0. The maximum Gasteiger partial charge on any atom is 0.341 e. The molecule has 0 saturated heterocycles. The van der Waals surface area contributed by atoms with Gasteiger partial charge in [0.15, 0.2) is 0 Å². The topological polar surface area (TPSA) is 38.8 Å². The van der Waals surface area contributed by atoms with Gasteiger partial charge < -0.3 is 14.4 Å². The monoisotopic (exact) mass is 461 g/mol. The van der Waals surface area contributed by atoms with Crippen molar-refractivity contribution in [2.75, 3.05) is 34.4 Å². The molecule has 32 heavy (non-hydrogen) atoms. The molecule has 0 bridgehead atoms. The third-order valence-corrected chi connectivity index (χ3v) is 5.89. The lowest BCUT2D eigenvalue weighted by Gasteiger charge is -2.35. The lowest BCUT2D eigenvalue weighted by molar-refractivity contribution is 0.0521. The van der Waals surface area contributed by atoms with Crippen molar-refractivity contribution in [1.82, 2.24) is 4.90 Å². The molecule has 0 spiro atoms. The van der Waals surface area contributed by atoms with E-state index in [1.807, 2.05) is 18.2 Å². The number of hydrogen-bond donors (Lipinski definition) is 0. The summed E-state index contributed by atoms with van der Waals surface area (Å²) in [6, 6.07) is 13.2. The van der Waals surface area contributed by atoms with E-state index in [1.165, 1.54) is 17.2 Å². The summed E-state index contributed by atoms with van der Waals surface area (Å²) < 4.78 is 25.4. The van der Waals surface area contributed by atoms with Gasteiger partial charge in [0.2, 0.25) is 0 Å². The zero-order valence-corrected chi connectivity index (χ0v) is 20.1. The molecule has 2 aromatic rings. The highest BCUT2D eigenvalue weighted by molar-refractivity contribution is 5.90. The molecule has 2 atom stereocenters. The Morgan fingerprint density at radius 2 is 1.97 bits per heavy atom. The summed E-state index contributed by atoms with van der Waals surface area (Å²) in [5.41, 5.74) is 2.87. The minimum atomic E-state index is -0.621. The van der Waals surface area contributed by atoms with Gasteiger partial charge in [-0.25, -0.2) is 9.18 Å². The number of ether oxygens (including phenoxy) is 2. The Balaban J connectivity index is 0.00000363. The van der Waals surface area contributed by atoms with Gasteiger partial charge in [0, 0.05) is 12.1 Å². The van der Waals surface area contributed by atoms with Crippen LogP contribution in [0.2, 0.25) is 0 Å². The van der Waals surface area contributed by atoms with Gasteiger partial charge in [-0.3, -0.25) is 0 Å². The summed E-state index contributed by atoms with van der Waals surface area (Å²) in [4.78, 5) is 14.3.